The number of nitrogens with two attached hydrogens (primary N) is 1. The Morgan fingerprint density at radius 2 is 1.57 bits per heavy atom. The second kappa shape index (κ2) is 5.68. The average Bonchev–Trinajstić information content (AvgIpc) is 2.80. The van der Waals surface area contributed by atoms with Crippen LogP contribution in [0.3, 0.4) is 0 Å². The molecule has 5 heteroatoms. The maximum Gasteiger partial charge on any atom is 0.240 e. The van der Waals surface area contributed by atoms with Gasteiger partial charge in [-0.1, -0.05) is 60.7 Å². The summed E-state index contributed by atoms with van der Waals surface area (Å²) < 4.78 is 0. The van der Waals surface area contributed by atoms with Gasteiger partial charge in [0, 0.05) is 0 Å². The lowest BCUT2D eigenvalue weighted by molar-refractivity contribution is -0.133. The van der Waals surface area contributed by atoms with Crippen LogP contribution in [0.2, 0.25) is 0 Å². The van der Waals surface area contributed by atoms with Gasteiger partial charge in [0.2, 0.25) is 17.7 Å². The summed E-state index contributed by atoms with van der Waals surface area (Å²) in [5, 5.41) is 2.28. The highest BCUT2D eigenvalue weighted by Crippen LogP contribution is 2.40. The van der Waals surface area contributed by atoms with Crippen LogP contribution in [0.4, 0.5) is 0 Å². The van der Waals surface area contributed by atoms with Crippen molar-refractivity contribution in [2.75, 3.05) is 0 Å². The first-order valence-corrected chi connectivity index (χ1v) is 7.30. The van der Waals surface area contributed by atoms with Gasteiger partial charge in [-0.2, -0.15) is 0 Å². The molecule has 0 aliphatic carbocycles. The van der Waals surface area contributed by atoms with E-state index < -0.39 is 29.1 Å². The van der Waals surface area contributed by atoms with Gasteiger partial charge in [-0.3, -0.25) is 19.7 Å². The lowest BCUT2D eigenvalue weighted by atomic mass is 9.67. The van der Waals surface area contributed by atoms with Crippen molar-refractivity contribution in [1.29, 1.82) is 0 Å². The van der Waals surface area contributed by atoms with Crippen molar-refractivity contribution in [3.05, 3.63) is 71.8 Å². The molecule has 116 valence electrons. The van der Waals surface area contributed by atoms with Crippen molar-refractivity contribution in [3.63, 3.8) is 0 Å². The van der Waals surface area contributed by atoms with E-state index in [1.165, 1.54) is 0 Å². The largest absolute Gasteiger partial charge is 0.369 e. The van der Waals surface area contributed by atoms with Crippen LogP contribution in [0, 0.1) is 5.92 Å². The molecule has 3 amide bonds. The minimum atomic E-state index is -1.31. The van der Waals surface area contributed by atoms with Crippen LogP contribution in [0.15, 0.2) is 60.7 Å². The Morgan fingerprint density at radius 1 is 1.00 bits per heavy atom. The summed E-state index contributed by atoms with van der Waals surface area (Å²) in [6.45, 7) is 0. The second-order valence-electron chi connectivity index (χ2n) is 5.65. The molecule has 1 heterocycles. The zero-order chi connectivity index (χ0) is 16.4. The standard InChI is InChI=1S/C18H16N2O3/c19-15(21)14-16(22)20-17(23)18(14,13-9-5-2-6-10-13)11-12-7-3-1-4-8-12/h1-10,14H,11H2,(H2,19,21)(H,20,22,23). The van der Waals surface area contributed by atoms with E-state index in [9.17, 15) is 14.4 Å². The Kier molecular flexibility index (Phi) is 3.70. The molecule has 23 heavy (non-hydrogen) atoms. The van der Waals surface area contributed by atoms with Crippen LogP contribution in [0.5, 0.6) is 0 Å². The van der Waals surface area contributed by atoms with Crippen LogP contribution < -0.4 is 11.1 Å². The monoisotopic (exact) mass is 308 g/mol. The highest BCUT2D eigenvalue weighted by atomic mass is 16.2. The highest BCUT2D eigenvalue weighted by Gasteiger charge is 2.58. The van der Waals surface area contributed by atoms with Gasteiger partial charge in [-0.25, -0.2) is 0 Å². The second-order valence-corrected chi connectivity index (χ2v) is 5.65. The molecule has 0 radical (unpaired) electrons. The van der Waals surface area contributed by atoms with E-state index >= 15 is 0 Å². The van der Waals surface area contributed by atoms with Crippen molar-refractivity contribution in [2.24, 2.45) is 11.7 Å². The molecular weight excluding hydrogens is 292 g/mol. The molecule has 1 aliphatic rings. The summed E-state index contributed by atoms with van der Waals surface area (Å²) in [6, 6.07) is 18.1. The summed E-state index contributed by atoms with van der Waals surface area (Å²) in [5.41, 5.74) is 5.61. The molecule has 2 unspecified atom stereocenters. The van der Waals surface area contributed by atoms with Gasteiger partial charge < -0.3 is 5.73 Å². The summed E-state index contributed by atoms with van der Waals surface area (Å²) in [7, 11) is 0. The lowest BCUT2D eigenvalue weighted by Crippen LogP contribution is -2.47. The number of nitrogens with one attached hydrogen (secondary N) is 1. The Hall–Kier alpha value is -2.95. The summed E-state index contributed by atoms with van der Waals surface area (Å²) in [4.78, 5) is 36.8. The molecule has 1 fully saturated rings. The fourth-order valence-corrected chi connectivity index (χ4v) is 3.26. The number of amides is 3. The Morgan fingerprint density at radius 3 is 2.13 bits per heavy atom. The molecular formula is C18H16N2O3. The minimum Gasteiger partial charge on any atom is -0.369 e. The molecule has 2 aromatic rings. The summed E-state index contributed by atoms with van der Waals surface area (Å²) >= 11 is 0. The number of imide groups is 1. The molecule has 0 aromatic heterocycles. The minimum absolute atomic E-state index is 0.225. The average molecular weight is 308 g/mol. The maximum atomic E-state index is 12.7. The lowest BCUT2D eigenvalue weighted by Gasteiger charge is -2.30. The topological polar surface area (TPSA) is 89.3 Å². The fraction of sp³-hybridized carbons (Fsp3) is 0.167. The Labute approximate surface area is 133 Å². The van der Waals surface area contributed by atoms with E-state index in [0.29, 0.717) is 5.56 Å². The predicted molar refractivity (Wildman–Crippen MR) is 84.1 cm³/mol. The van der Waals surface area contributed by atoms with Gasteiger partial charge in [0.1, 0.15) is 5.92 Å². The normalized spacial score (nSPS) is 23.6. The molecule has 0 saturated carbocycles. The number of rotatable bonds is 4. The van der Waals surface area contributed by atoms with Crippen molar-refractivity contribution < 1.29 is 14.4 Å². The third-order valence-corrected chi connectivity index (χ3v) is 4.30. The van der Waals surface area contributed by atoms with E-state index in [0.717, 1.165) is 5.56 Å². The van der Waals surface area contributed by atoms with E-state index in [1.807, 2.05) is 36.4 Å². The van der Waals surface area contributed by atoms with Gasteiger partial charge in [0.25, 0.3) is 0 Å². The Bertz CT molecular complexity index is 758. The van der Waals surface area contributed by atoms with Crippen LogP contribution in [0.25, 0.3) is 0 Å². The highest BCUT2D eigenvalue weighted by molar-refractivity contribution is 6.19. The van der Waals surface area contributed by atoms with E-state index in [1.54, 1.807) is 24.3 Å². The number of carbonyl (C=O) groups is 3. The molecule has 3 N–H and O–H groups in total. The third kappa shape index (κ3) is 2.40. The van der Waals surface area contributed by atoms with Crippen molar-refractivity contribution in [1.82, 2.24) is 5.32 Å². The smallest absolute Gasteiger partial charge is 0.240 e. The number of benzene rings is 2. The molecule has 1 saturated heterocycles. The van der Waals surface area contributed by atoms with Gasteiger partial charge in [0.05, 0.1) is 5.41 Å². The zero-order valence-electron chi connectivity index (χ0n) is 12.4. The van der Waals surface area contributed by atoms with Crippen LogP contribution in [0.1, 0.15) is 11.1 Å². The number of carbonyl (C=O) groups excluding carboxylic acids is 3. The summed E-state index contributed by atoms with van der Waals surface area (Å²) in [5.74, 6) is -3.14. The Balaban J connectivity index is 2.19. The molecule has 1 aliphatic heterocycles. The molecule has 2 aromatic carbocycles. The van der Waals surface area contributed by atoms with Crippen molar-refractivity contribution in [2.45, 2.75) is 11.8 Å². The number of primary amides is 1. The molecule has 3 rings (SSSR count). The van der Waals surface area contributed by atoms with E-state index in [2.05, 4.69) is 5.32 Å². The van der Waals surface area contributed by atoms with Crippen LogP contribution >= 0.6 is 0 Å². The first-order valence-electron chi connectivity index (χ1n) is 7.30. The predicted octanol–water partition coefficient (Wildman–Crippen LogP) is 0.925. The SMILES string of the molecule is NC(=O)C1C(=O)NC(=O)C1(Cc1ccccc1)c1ccccc1. The van der Waals surface area contributed by atoms with Gasteiger partial charge in [-0.05, 0) is 17.5 Å². The van der Waals surface area contributed by atoms with Gasteiger partial charge >= 0.3 is 0 Å². The van der Waals surface area contributed by atoms with Gasteiger partial charge in [-0.15, -0.1) is 0 Å². The fourth-order valence-electron chi connectivity index (χ4n) is 3.26. The van der Waals surface area contributed by atoms with Crippen LogP contribution in [-0.4, -0.2) is 17.7 Å². The molecule has 0 bridgehead atoms. The quantitative estimate of drug-likeness (QED) is 0.650. The van der Waals surface area contributed by atoms with Gasteiger partial charge in [0.15, 0.2) is 0 Å². The maximum absolute atomic E-state index is 12.7. The molecule has 5 nitrogen and oxygen atoms in total. The first kappa shape index (κ1) is 15.0. The first-order chi connectivity index (χ1) is 11.1. The number of hydrogen-bond acceptors (Lipinski definition) is 3. The van der Waals surface area contributed by atoms with E-state index in [4.69, 9.17) is 5.73 Å². The van der Waals surface area contributed by atoms with Crippen molar-refractivity contribution in [3.8, 4) is 0 Å². The van der Waals surface area contributed by atoms with Crippen LogP contribution in [-0.2, 0) is 26.2 Å². The third-order valence-electron chi connectivity index (χ3n) is 4.30. The molecule has 0 spiro atoms. The van der Waals surface area contributed by atoms with Crippen molar-refractivity contribution >= 4 is 17.7 Å². The summed E-state index contributed by atoms with van der Waals surface area (Å²) in [6.07, 6.45) is 0.225. The number of hydrogen-bond donors (Lipinski definition) is 2. The van der Waals surface area contributed by atoms with E-state index in [-0.39, 0.29) is 6.42 Å². The molecule has 2 atom stereocenters. The zero-order valence-corrected chi connectivity index (χ0v) is 12.4.